The Balaban J connectivity index is 1.47. The smallest absolute Gasteiger partial charge is 0.258 e. The molecular weight excluding hydrogens is 642 g/mol. The average molecular weight is 692 g/mol. The number of carbonyl (C=O) groups is 5. The Kier molecular flexibility index (Phi) is 12.8. The molecule has 2 aromatic rings. The van der Waals surface area contributed by atoms with Crippen LogP contribution in [0.4, 0.5) is 0 Å². The maximum absolute atomic E-state index is 14.2. The van der Waals surface area contributed by atoms with Crippen molar-refractivity contribution >= 4 is 29.5 Å². The van der Waals surface area contributed by atoms with Gasteiger partial charge in [-0.15, -0.1) is 0 Å². The van der Waals surface area contributed by atoms with E-state index in [9.17, 15) is 29.1 Å². The SMILES string of the molecule is CC(C)CCN1CC(=O)N[C@@H](Cc2ccccc2)C(=O)N[C@@H]2CN(C(=O)C3CCOCC3)C[C@H]2c2cccc(c2)OCC(=O)N[C@@H](CO)C1=O. The van der Waals surface area contributed by atoms with E-state index in [4.69, 9.17) is 9.47 Å². The van der Waals surface area contributed by atoms with Gasteiger partial charge in [0.05, 0.1) is 19.2 Å². The van der Waals surface area contributed by atoms with Crippen LogP contribution in [0.1, 0.15) is 50.2 Å². The fourth-order valence-electron chi connectivity index (χ4n) is 6.73. The Morgan fingerprint density at radius 2 is 1.66 bits per heavy atom. The van der Waals surface area contributed by atoms with E-state index in [1.54, 1.807) is 23.1 Å². The van der Waals surface area contributed by atoms with Crippen molar-refractivity contribution in [2.75, 3.05) is 52.6 Å². The summed E-state index contributed by atoms with van der Waals surface area (Å²) < 4.78 is 11.3. The first-order valence-corrected chi connectivity index (χ1v) is 17.5. The molecule has 3 aliphatic rings. The molecule has 0 spiro atoms. The van der Waals surface area contributed by atoms with Crippen molar-refractivity contribution in [1.29, 1.82) is 0 Å². The molecule has 5 rings (SSSR count). The lowest BCUT2D eigenvalue weighted by atomic mass is 9.93. The first-order valence-electron chi connectivity index (χ1n) is 17.5. The summed E-state index contributed by atoms with van der Waals surface area (Å²) in [6.45, 7) is 4.41. The number of nitrogens with one attached hydrogen (secondary N) is 3. The van der Waals surface area contributed by atoms with Crippen LogP contribution in [-0.4, -0.2) is 115 Å². The number of hydrogen-bond donors (Lipinski definition) is 4. The summed E-state index contributed by atoms with van der Waals surface area (Å²) in [7, 11) is 0. The van der Waals surface area contributed by atoms with Gasteiger partial charge >= 0.3 is 0 Å². The van der Waals surface area contributed by atoms with Crippen molar-refractivity contribution < 1.29 is 38.6 Å². The summed E-state index contributed by atoms with van der Waals surface area (Å²) in [5, 5.41) is 18.7. The van der Waals surface area contributed by atoms with Gasteiger partial charge < -0.3 is 40.3 Å². The van der Waals surface area contributed by atoms with Gasteiger partial charge in [-0.1, -0.05) is 56.3 Å². The molecule has 13 heteroatoms. The van der Waals surface area contributed by atoms with E-state index in [-0.39, 0.29) is 49.7 Å². The maximum Gasteiger partial charge on any atom is 0.258 e. The van der Waals surface area contributed by atoms with Crippen LogP contribution in [0.25, 0.3) is 0 Å². The Morgan fingerprint density at radius 1 is 0.920 bits per heavy atom. The van der Waals surface area contributed by atoms with Crippen LogP contribution in [-0.2, 0) is 35.1 Å². The Morgan fingerprint density at radius 3 is 2.38 bits per heavy atom. The third kappa shape index (κ3) is 9.81. The van der Waals surface area contributed by atoms with Gasteiger partial charge in [0.15, 0.2) is 6.61 Å². The fraction of sp³-hybridized carbons (Fsp3) is 0.541. The van der Waals surface area contributed by atoms with E-state index in [0.29, 0.717) is 44.8 Å². The van der Waals surface area contributed by atoms with Gasteiger partial charge in [-0.3, -0.25) is 24.0 Å². The molecule has 13 nitrogen and oxygen atoms in total. The number of nitrogens with zero attached hydrogens (tertiary/aromatic N) is 2. The van der Waals surface area contributed by atoms with E-state index in [1.807, 2.05) is 50.2 Å². The number of benzene rings is 2. The second kappa shape index (κ2) is 17.4. The average Bonchev–Trinajstić information content (AvgIpc) is 3.54. The predicted octanol–water partition coefficient (Wildman–Crippen LogP) is 0.996. The van der Waals surface area contributed by atoms with E-state index >= 15 is 0 Å². The van der Waals surface area contributed by atoms with Gasteiger partial charge in [0, 0.05) is 51.1 Å². The molecule has 2 fully saturated rings. The van der Waals surface area contributed by atoms with E-state index < -0.39 is 55.0 Å². The zero-order valence-electron chi connectivity index (χ0n) is 28.8. The van der Waals surface area contributed by atoms with Crippen LogP contribution >= 0.6 is 0 Å². The van der Waals surface area contributed by atoms with E-state index in [0.717, 1.165) is 11.1 Å². The zero-order chi connectivity index (χ0) is 35.6. The predicted molar refractivity (Wildman–Crippen MR) is 184 cm³/mol. The number of likely N-dealkylation sites (tertiary alicyclic amines) is 1. The van der Waals surface area contributed by atoms with Crippen molar-refractivity contribution in [2.45, 2.75) is 63.6 Å². The summed E-state index contributed by atoms with van der Waals surface area (Å²) in [4.78, 5) is 71.1. The highest BCUT2D eigenvalue weighted by Crippen LogP contribution is 2.32. The second-order valence-electron chi connectivity index (χ2n) is 13.8. The van der Waals surface area contributed by atoms with Crippen LogP contribution in [0.5, 0.6) is 5.75 Å². The maximum atomic E-state index is 14.2. The minimum atomic E-state index is -1.29. The van der Waals surface area contributed by atoms with Crippen molar-refractivity contribution in [3.8, 4) is 5.75 Å². The first-order chi connectivity index (χ1) is 24.1. The van der Waals surface area contributed by atoms with Crippen molar-refractivity contribution in [1.82, 2.24) is 25.8 Å². The number of rotatable bonds is 7. The molecule has 50 heavy (non-hydrogen) atoms. The molecule has 0 aliphatic carbocycles. The number of carbonyl (C=O) groups excluding carboxylic acids is 5. The minimum Gasteiger partial charge on any atom is -0.484 e. The topological polar surface area (TPSA) is 167 Å². The van der Waals surface area contributed by atoms with Gasteiger partial charge in [0.1, 0.15) is 17.8 Å². The lowest BCUT2D eigenvalue weighted by Gasteiger charge is -2.29. The van der Waals surface area contributed by atoms with Gasteiger partial charge in [-0.25, -0.2) is 0 Å². The number of amides is 5. The number of aliphatic hydroxyl groups excluding tert-OH is 1. The molecular formula is C37H49N5O8. The summed E-state index contributed by atoms with van der Waals surface area (Å²) >= 11 is 0. The molecule has 0 saturated carbocycles. The normalized spacial score (nSPS) is 24.4. The molecule has 4 N–H and O–H groups in total. The number of fused-ring (bicyclic) bond motifs is 4. The lowest BCUT2D eigenvalue weighted by Crippen LogP contribution is -2.56. The standard InChI is InChI=1S/C37H49N5O8/c1-24(2)11-14-41-21-33(44)38-30(17-25-7-4-3-5-8-25)35(46)40-31-20-42(36(47)26-12-15-49-16-13-26)19-29(31)27-9-6-10-28(18-27)50-23-34(45)39-32(22-43)37(41)48/h3-10,18,24,26,29-32,43H,11-17,19-23H2,1-2H3,(H,38,44)(H,39,45)(H,40,46)/t29-,30-,31+,32-/m0/s1. The molecule has 3 aliphatic heterocycles. The first kappa shape index (κ1) is 36.8. The number of ether oxygens (including phenoxy) is 2. The van der Waals surface area contributed by atoms with Gasteiger partial charge in [-0.05, 0) is 48.4 Å². The molecule has 3 heterocycles. The van der Waals surface area contributed by atoms with Crippen molar-refractivity contribution in [3.63, 3.8) is 0 Å². The third-order valence-corrected chi connectivity index (χ3v) is 9.56. The summed E-state index contributed by atoms with van der Waals surface area (Å²) in [6, 6.07) is 13.7. The van der Waals surface area contributed by atoms with Crippen LogP contribution in [0.15, 0.2) is 54.6 Å². The van der Waals surface area contributed by atoms with Crippen LogP contribution in [0.2, 0.25) is 0 Å². The zero-order valence-corrected chi connectivity index (χ0v) is 28.8. The van der Waals surface area contributed by atoms with Crippen LogP contribution in [0.3, 0.4) is 0 Å². The van der Waals surface area contributed by atoms with Gasteiger partial charge in [-0.2, -0.15) is 0 Å². The molecule has 2 bridgehead atoms. The van der Waals surface area contributed by atoms with E-state index in [2.05, 4.69) is 16.0 Å². The third-order valence-electron chi connectivity index (χ3n) is 9.56. The highest BCUT2D eigenvalue weighted by molar-refractivity contribution is 5.93. The Labute approximate surface area is 293 Å². The molecule has 0 unspecified atom stereocenters. The number of aliphatic hydroxyl groups is 1. The summed E-state index contributed by atoms with van der Waals surface area (Å²) in [5.41, 5.74) is 1.64. The molecule has 0 aromatic heterocycles. The highest BCUT2D eigenvalue weighted by atomic mass is 16.5. The minimum absolute atomic E-state index is 0.0243. The highest BCUT2D eigenvalue weighted by Gasteiger charge is 2.40. The van der Waals surface area contributed by atoms with Crippen molar-refractivity contribution in [2.24, 2.45) is 11.8 Å². The van der Waals surface area contributed by atoms with Crippen LogP contribution < -0.4 is 20.7 Å². The molecule has 0 radical (unpaired) electrons. The summed E-state index contributed by atoms with van der Waals surface area (Å²) in [5.74, 6) is -2.02. The number of hydrogen-bond acceptors (Lipinski definition) is 8. The van der Waals surface area contributed by atoms with E-state index in [1.165, 1.54) is 4.90 Å². The quantitative estimate of drug-likeness (QED) is 0.334. The molecule has 2 aromatic carbocycles. The second-order valence-corrected chi connectivity index (χ2v) is 13.8. The summed E-state index contributed by atoms with van der Waals surface area (Å²) in [6.07, 6.45) is 2.05. The largest absolute Gasteiger partial charge is 0.484 e. The molecule has 2 saturated heterocycles. The molecule has 4 atom stereocenters. The van der Waals surface area contributed by atoms with Crippen molar-refractivity contribution in [3.05, 3.63) is 65.7 Å². The molecule has 270 valence electrons. The van der Waals surface area contributed by atoms with Gasteiger partial charge in [0.25, 0.3) is 5.91 Å². The van der Waals surface area contributed by atoms with Gasteiger partial charge in [0.2, 0.25) is 23.6 Å². The fourth-order valence-corrected chi connectivity index (χ4v) is 6.73. The Hall–Kier alpha value is -4.49. The van der Waals surface area contributed by atoms with Crippen LogP contribution in [0, 0.1) is 11.8 Å². The Bertz CT molecular complexity index is 1500. The lowest BCUT2D eigenvalue weighted by molar-refractivity contribution is -0.141. The monoisotopic (exact) mass is 691 g/mol. The molecule has 5 amide bonds.